The maximum Gasteiger partial charge on any atom is 0.362 e. The fraction of sp³-hybridized carbons (Fsp3) is 0.231. The minimum Gasteiger partial charge on any atom is -0.495 e. The van der Waals surface area contributed by atoms with Crippen LogP contribution in [0.2, 0.25) is 5.02 Å². The third-order valence-corrected chi connectivity index (χ3v) is 3.97. The van der Waals surface area contributed by atoms with Crippen molar-refractivity contribution in [2.24, 2.45) is 0 Å². The van der Waals surface area contributed by atoms with Crippen LogP contribution < -0.4 is 15.7 Å². The predicted molar refractivity (Wildman–Crippen MR) is 84.7 cm³/mol. The van der Waals surface area contributed by atoms with Crippen molar-refractivity contribution in [1.29, 1.82) is 0 Å². The molecule has 9 heteroatoms. The summed E-state index contributed by atoms with van der Waals surface area (Å²) in [6.45, 7) is 1.70. The number of aryl methyl sites for hydroxylation is 1. The summed E-state index contributed by atoms with van der Waals surface area (Å²) in [5, 5.41) is 9.55. The number of carbonyl (C=O) groups is 1. The lowest BCUT2D eigenvalue weighted by atomic mass is 10.3. The average Bonchev–Trinajstić information content (AvgIpc) is 2.48. The van der Waals surface area contributed by atoms with Crippen molar-refractivity contribution in [3.8, 4) is 5.75 Å². The van der Waals surface area contributed by atoms with Gasteiger partial charge in [-0.25, -0.2) is 9.89 Å². The summed E-state index contributed by atoms with van der Waals surface area (Å²) in [5.41, 5.74) is 0.574. The average molecular weight is 341 g/mol. The molecule has 2 rings (SSSR count). The Morgan fingerprint density at radius 1 is 1.50 bits per heavy atom. The van der Waals surface area contributed by atoms with Gasteiger partial charge in [0.2, 0.25) is 5.91 Å². The van der Waals surface area contributed by atoms with Crippen LogP contribution in [0, 0.1) is 6.92 Å². The molecule has 1 aromatic heterocycles. The van der Waals surface area contributed by atoms with Crippen LogP contribution in [0.5, 0.6) is 5.75 Å². The molecule has 0 radical (unpaired) electrons. The number of aromatic nitrogens is 3. The number of thioether (sulfide) groups is 1. The van der Waals surface area contributed by atoms with Crippen LogP contribution in [0.15, 0.2) is 28.0 Å². The molecule has 0 atom stereocenters. The Balaban J connectivity index is 1.97. The van der Waals surface area contributed by atoms with Crippen molar-refractivity contribution in [3.05, 3.63) is 39.4 Å². The van der Waals surface area contributed by atoms with Gasteiger partial charge in [-0.2, -0.15) is 10.1 Å². The number of anilines is 1. The number of H-pyrrole nitrogens is 1. The normalized spacial score (nSPS) is 10.3. The minimum atomic E-state index is -0.546. The molecular weight excluding hydrogens is 328 g/mol. The van der Waals surface area contributed by atoms with E-state index in [-0.39, 0.29) is 11.7 Å². The fourth-order valence-electron chi connectivity index (χ4n) is 1.59. The summed E-state index contributed by atoms with van der Waals surface area (Å²) in [6.07, 6.45) is 0. The summed E-state index contributed by atoms with van der Waals surface area (Å²) in [5.74, 6) is 0.388. The third kappa shape index (κ3) is 4.22. The lowest BCUT2D eigenvalue weighted by Gasteiger charge is -2.08. The van der Waals surface area contributed by atoms with Crippen LogP contribution in [-0.2, 0) is 4.79 Å². The van der Waals surface area contributed by atoms with Crippen LogP contribution in [-0.4, -0.2) is 34.0 Å². The Kier molecular flexibility index (Phi) is 5.40. The Morgan fingerprint density at radius 2 is 2.27 bits per heavy atom. The topological polar surface area (TPSA) is 97.0 Å². The zero-order valence-corrected chi connectivity index (χ0v) is 13.4. The second-order valence-corrected chi connectivity index (χ2v) is 5.59. The molecule has 0 aliphatic carbocycles. The van der Waals surface area contributed by atoms with Gasteiger partial charge in [0.05, 0.1) is 23.6 Å². The number of methoxy groups -OCH3 is 1. The third-order valence-electron chi connectivity index (χ3n) is 2.61. The highest BCUT2D eigenvalue weighted by molar-refractivity contribution is 8.00. The molecule has 0 bridgehead atoms. The molecule has 0 fully saturated rings. The van der Waals surface area contributed by atoms with Crippen molar-refractivity contribution < 1.29 is 9.53 Å². The molecule has 0 saturated heterocycles. The van der Waals surface area contributed by atoms with E-state index in [1.165, 1.54) is 7.11 Å². The Morgan fingerprint density at radius 3 is 2.95 bits per heavy atom. The molecule has 0 unspecified atom stereocenters. The highest BCUT2D eigenvalue weighted by Crippen LogP contribution is 2.27. The molecule has 1 heterocycles. The quantitative estimate of drug-likeness (QED) is 0.806. The molecule has 0 saturated carbocycles. The summed E-state index contributed by atoms with van der Waals surface area (Å²) in [6, 6.07) is 4.95. The Hall–Kier alpha value is -2.06. The van der Waals surface area contributed by atoms with Gasteiger partial charge in [-0.3, -0.25) is 4.79 Å². The highest BCUT2D eigenvalue weighted by atomic mass is 35.5. The van der Waals surface area contributed by atoms with Gasteiger partial charge in [0.15, 0.2) is 0 Å². The summed E-state index contributed by atoms with van der Waals surface area (Å²) >= 11 is 7.12. The van der Waals surface area contributed by atoms with Crippen molar-refractivity contribution in [2.75, 3.05) is 18.2 Å². The molecular formula is C13H13ClN4O3S. The van der Waals surface area contributed by atoms with Gasteiger partial charge in [-0.15, -0.1) is 0 Å². The smallest absolute Gasteiger partial charge is 0.362 e. The first kappa shape index (κ1) is 16.3. The number of benzene rings is 1. The van der Waals surface area contributed by atoms with Gasteiger partial charge in [0.25, 0.3) is 0 Å². The van der Waals surface area contributed by atoms with E-state index in [1.54, 1.807) is 25.1 Å². The van der Waals surface area contributed by atoms with Crippen molar-refractivity contribution >= 4 is 35.0 Å². The van der Waals surface area contributed by atoms with E-state index in [4.69, 9.17) is 16.3 Å². The molecule has 2 aromatic rings. The molecule has 2 N–H and O–H groups in total. The molecule has 22 heavy (non-hydrogen) atoms. The van der Waals surface area contributed by atoms with Crippen molar-refractivity contribution in [1.82, 2.24) is 15.2 Å². The maximum absolute atomic E-state index is 11.9. The van der Waals surface area contributed by atoms with Crippen molar-refractivity contribution in [3.63, 3.8) is 0 Å². The molecule has 0 aliphatic rings. The first-order valence-corrected chi connectivity index (χ1v) is 7.55. The zero-order valence-electron chi connectivity index (χ0n) is 11.8. The van der Waals surface area contributed by atoms with Gasteiger partial charge >= 0.3 is 5.69 Å². The van der Waals surface area contributed by atoms with Crippen LogP contribution in [0.3, 0.4) is 0 Å². The second kappa shape index (κ2) is 7.28. The number of hydrogen-bond donors (Lipinski definition) is 2. The van der Waals surface area contributed by atoms with Crippen LogP contribution in [0.25, 0.3) is 0 Å². The van der Waals surface area contributed by atoms with Gasteiger partial charge < -0.3 is 10.1 Å². The molecule has 1 aromatic carbocycles. The number of nitrogens with one attached hydrogen (secondary N) is 2. The zero-order chi connectivity index (χ0) is 16.1. The molecule has 116 valence electrons. The predicted octanol–water partition coefficient (Wildman–Crippen LogP) is 1.87. The summed E-state index contributed by atoms with van der Waals surface area (Å²) in [4.78, 5) is 26.8. The van der Waals surface area contributed by atoms with Crippen LogP contribution in [0.4, 0.5) is 5.69 Å². The number of hydrogen-bond acceptors (Lipinski definition) is 6. The first-order valence-electron chi connectivity index (χ1n) is 6.19. The van der Waals surface area contributed by atoms with E-state index in [2.05, 4.69) is 20.5 Å². The van der Waals surface area contributed by atoms with Gasteiger partial charge in [-0.1, -0.05) is 23.4 Å². The molecule has 0 spiro atoms. The van der Waals surface area contributed by atoms with Gasteiger partial charge in [0, 0.05) is 5.69 Å². The standard InChI is InChI=1S/C13H13ClN4O3S/c1-7-12(16-13(20)18-17-7)22-6-11(19)15-8-3-4-10(21-2)9(14)5-8/h3-5H,6H2,1-2H3,(H,15,19)(H,16,18,20). The Bertz CT molecular complexity index is 750. The van der Waals surface area contributed by atoms with Crippen LogP contribution >= 0.6 is 23.4 Å². The SMILES string of the molecule is COc1ccc(NC(=O)CSc2nc(=O)[nH]nc2C)cc1Cl. The van der Waals surface area contributed by atoms with E-state index in [9.17, 15) is 9.59 Å². The second-order valence-electron chi connectivity index (χ2n) is 4.22. The fourth-order valence-corrected chi connectivity index (χ4v) is 2.59. The summed E-state index contributed by atoms with van der Waals surface area (Å²) < 4.78 is 5.04. The van der Waals surface area contributed by atoms with Crippen LogP contribution in [0.1, 0.15) is 5.69 Å². The summed E-state index contributed by atoms with van der Waals surface area (Å²) in [7, 11) is 1.51. The number of halogens is 1. The number of carbonyl (C=O) groups excluding carboxylic acids is 1. The molecule has 0 aliphatic heterocycles. The number of ether oxygens (including phenoxy) is 1. The number of amides is 1. The number of aromatic amines is 1. The lowest BCUT2D eigenvalue weighted by Crippen LogP contribution is -2.17. The molecule has 1 amide bonds. The van der Waals surface area contributed by atoms with Gasteiger partial charge in [0.1, 0.15) is 10.8 Å². The number of nitrogens with zero attached hydrogens (tertiary/aromatic N) is 2. The maximum atomic E-state index is 11.9. The largest absolute Gasteiger partial charge is 0.495 e. The monoisotopic (exact) mass is 340 g/mol. The molecule has 7 nitrogen and oxygen atoms in total. The highest BCUT2D eigenvalue weighted by Gasteiger charge is 2.09. The van der Waals surface area contributed by atoms with E-state index in [0.29, 0.717) is 27.2 Å². The van der Waals surface area contributed by atoms with E-state index in [1.807, 2.05) is 0 Å². The lowest BCUT2D eigenvalue weighted by molar-refractivity contribution is -0.113. The van der Waals surface area contributed by atoms with E-state index in [0.717, 1.165) is 11.8 Å². The van der Waals surface area contributed by atoms with E-state index >= 15 is 0 Å². The Labute approximate surface area is 135 Å². The van der Waals surface area contributed by atoms with Crippen molar-refractivity contribution in [2.45, 2.75) is 11.9 Å². The first-order chi connectivity index (χ1) is 10.5. The van der Waals surface area contributed by atoms with E-state index < -0.39 is 5.69 Å². The minimum absolute atomic E-state index is 0.0998. The number of rotatable bonds is 5. The van der Waals surface area contributed by atoms with Gasteiger partial charge in [-0.05, 0) is 25.1 Å².